The van der Waals surface area contributed by atoms with E-state index in [0.29, 0.717) is 0 Å². The van der Waals surface area contributed by atoms with Crippen LogP contribution in [0.4, 0.5) is 5.69 Å². The molecule has 0 saturated carbocycles. The van der Waals surface area contributed by atoms with Gasteiger partial charge >= 0.3 is 0 Å². The second-order valence-electron chi connectivity index (χ2n) is 7.01. The fraction of sp³-hybridized carbons (Fsp3) is 0.200. The molecule has 3 aromatic carbocycles. The first-order chi connectivity index (χ1) is 13.9. The highest BCUT2D eigenvalue weighted by Crippen LogP contribution is 2.25. The van der Waals surface area contributed by atoms with E-state index in [9.17, 15) is 0 Å². The standard InChI is InChI=1S/C25H26N2O/c1-3-8-22(9-4-1)10-7-17-26-18-20-27(21-19-26)23-13-15-25(16-14-23)28-24-11-5-2-6-12-24/h1-16H,17-21H2. The van der Waals surface area contributed by atoms with Crippen molar-refractivity contribution >= 4 is 11.8 Å². The second-order valence-corrected chi connectivity index (χ2v) is 7.01. The Morgan fingerprint density at radius 1 is 0.679 bits per heavy atom. The summed E-state index contributed by atoms with van der Waals surface area (Å²) >= 11 is 0. The first-order valence-corrected chi connectivity index (χ1v) is 9.89. The number of nitrogens with zero attached hydrogens (tertiary/aromatic N) is 2. The van der Waals surface area contributed by atoms with E-state index in [-0.39, 0.29) is 0 Å². The van der Waals surface area contributed by atoms with Gasteiger partial charge in [0.25, 0.3) is 0 Å². The van der Waals surface area contributed by atoms with Crippen LogP contribution in [0.2, 0.25) is 0 Å². The lowest BCUT2D eigenvalue weighted by Crippen LogP contribution is -2.46. The fourth-order valence-electron chi connectivity index (χ4n) is 3.44. The molecule has 3 nitrogen and oxygen atoms in total. The first kappa shape index (κ1) is 18.3. The summed E-state index contributed by atoms with van der Waals surface area (Å²) in [6.45, 7) is 5.28. The highest BCUT2D eigenvalue weighted by atomic mass is 16.5. The number of ether oxygens (including phenoxy) is 1. The predicted molar refractivity (Wildman–Crippen MR) is 117 cm³/mol. The van der Waals surface area contributed by atoms with E-state index in [1.807, 2.05) is 30.3 Å². The summed E-state index contributed by atoms with van der Waals surface area (Å²) in [6.07, 6.45) is 4.47. The van der Waals surface area contributed by atoms with Crippen molar-refractivity contribution in [3.63, 3.8) is 0 Å². The molecule has 1 aliphatic rings. The molecule has 0 spiro atoms. The third-order valence-electron chi connectivity index (χ3n) is 5.03. The van der Waals surface area contributed by atoms with Gasteiger partial charge in [-0.3, -0.25) is 4.90 Å². The van der Waals surface area contributed by atoms with Crippen LogP contribution < -0.4 is 9.64 Å². The SMILES string of the molecule is C(=Cc1ccccc1)CN1CCN(c2ccc(Oc3ccccc3)cc2)CC1. The Kier molecular flexibility index (Phi) is 6.05. The Hall–Kier alpha value is -3.04. The highest BCUT2D eigenvalue weighted by molar-refractivity contribution is 5.50. The largest absolute Gasteiger partial charge is 0.457 e. The summed E-state index contributed by atoms with van der Waals surface area (Å²) in [5.41, 5.74) is 2.53. The monoisotopic (exact) mass is 370 g/mol. The van der Waals surface area contributed by atoms with Crippen molar-refractivity contribution in [3.8, 4) is 11.5 Å². The number of anilines is 1. The van der Waals surface area contributed by atoms with Crippen LogP contribution in [0.25, 0.3) is 6.08 Å². The summed E-state index contributed by atoms with van der Waals surface area (Å²) in [5.74, 6) is 1.74. The number of hydrogen-bond donors (Lipinski definition) is 0. The molecule has 1 aliphatic heterocycles. The van der Waals surface area contributed by atoms with Gasteiger partial charge in [-0.05, 0) is 42.0 Å². The molecule has 4 rings (SSSR count). The zero-order valence-electron chi connectivity index (χ0n) is 16.1. The minimum atomic E-state index is 0.868. The molecule has 3 heteroatoms. The van der Waals surface area contributed by atoms with Crippen LogP contribution in [0.1, 0.15) is 5.56 Å². The molecule has 0 aromatic heterocycles. The van der Waals surface area contributed by atoms with Crippen molar-refractivity contribution in [2.45, 2.75) is 0 Å². The van der Waals surface area contributed by atoms with Gasteiger partial charge in [-0.1, -0.05) is 60.7 Å². The lowest BCUT2D eigenvalue weighted by atomic mass is 10.2. The van der Waals surface area contributed by atoms with E-state index in [0.717, 1.165) is 44.2 Å². The molecule has 0 aliphatic carbocycles. The molecule has 28 heavy (non-hydrogen) atoms. The van der Waals surface area contributed by atoms with E-state index < -0.39 is 0 Å². The molecule has 3 aromatic rings. The minimum absolute atomic E-state index is 0.868. The minimum Gasteiger partial charge on any atom is -0.457 e. The maximum absolute atomic E-state index is 5.88. The maximum Gasteiger partial charge on any atom is 0.127 e. The number of piperazine rings is 1. The Morgan fingerprint density at radius 3 is 1.96 bits per heavy atom. The summed E-state index contributed by atoms with van der Waals surface area (Å²) < 4.78 is 5.88. The lowest BCUT2D eigenvalue weighted by Gasteiger charge is -2.35. The van der Waals surface area contributed by atoms with Crippen molar-refractivity contribution in [3.05, 3.63) is 96.6 Å². The van der Waals surface area contributed by atoms with Crippen LogP contribution in [0.3, 0.4) is 0 Å². The molecular weight excluding hydrogens is 344 g/mol. The number of para-hydroxylation sites is 1. The Balaban J connectivity index is 1.26. The Morgan fingerprint density at radius 2 is 1.29 bits per heavy atom. The number of benzene rings is 3. The topological polar surface area (TPSA) is 15.7 Å². The van der Waals surface area contributed by atoms with Crippen molar-refractivity contribution in [2.75, 3.05) is 37.6 Å². The van der Waals surface area contributed by atoms with Crippen LogP contribution in [0, 0.1) is 0 Å². The lowest BCUT2D eigenvalue weighted by molar-refractivity contribution is 0.284. The zero-order valence-corrected chi connectivity index (χ0v) is 16.1. The zero-order chi connectivity index (χ0) is 19.0. The van der Waals surface area contributed by atoms with Crippen LogP contribution in [0.15, 0.2) is 91.0 Å². The molecule has 0 atom stereocenters. The Bertz CT molecular complexity index is 867. The first-order valence-electron chi connectivity index (χ1n) is 9.89. The van der Waals surface area contributed by atoms with Crippen molar-refractivity contribution in [1.29, 1.82) is 0 Å². The van der Waals surface area contributed by atoms with Gasteiger partial charge in [0, 0.05) is 38.4 Å². The van der Waals surface area contributed by atoms with E-state index in [4.69, 9.17) is 4.74 Å². The predicted octanol–water partition coefficient (Wildman–Crippen LogP) is 5.31. The second kappa shape index (κ2) is 9.25. The van der Waals surface area contributed by atoms with E-state index in [2.05, 4.69) is 76.5 Å². The number of rotatable bonds is 6. The van der Waals surface area contributed by atoms with Gasteiger partial charge in [0.05, 0.1) is 0 Å². The summed E-state index contributed by atoms with van der Waals surface area (Å²) in [7, 11) is 0. The van der Waals surface area contributed by atoms with Gasteiger partial charge in [-0.25, -0.2) is 0 Å². The van der Waals surface area contributed by atoms with Gasteiger partial charge in [-0.15, -0.1) is 0 Å². The van der Waals surface area contributed by atoms with Crippen LogP contribution in [-0.2, 0) is 0 Å². The van der Waals surface area contributed by atoms with Crippen LogP contribution in [-0.4, -0.2) is 37.6 Å². The van der Waals surface area contributed by atoms with Crippen LogP contribution in [0.5, 0.6) is 11.5 Å². The molecule has 1 saturated heterocycles. The third kappa shape index (κ3) is 5.02. The van der Waals surface area contributed by atoms with Gasteiger partial charge < -0.3 is 9.64 Å². The quantitative estimate of drug-likeness (QED) is 0.584. The molecule has 1 fully saturated rings. The van der Waals surface area contributed by atoms with Gasteiger partial charge in [-0.2, -0.15) is 0 Å². The van der Waals surface area contributed by atoms with Crippen molar-refractivity contribution < 1.29 is 4.74 Å². The smallest absolute Gasteiger partial charge is 0.127 e. The molecule has 0 unspecified atom stereocenters. The fourth-order valence-corrected chi connectivity index (χ4v) is 3.44. The average molecular weight is 370 g/mol. The van der Waals surface area contributed by atoms with E-state index in [1.165, 1.54) is 11.3 Å². The summed E-state index contributed by atoms with van der Waals surface area (Å²) in [4.78, 5) is 4.95. The van der Waals surface area contributed by atoms with E-state index in [1.54, 1.807) is 0 Å². The molecule has 0 radical (unpaired) electrons. The molecule has 0 N–H and O–H groups in total. The number of hydrogen-bond acceptors (Lipinski definition) is 3. The van der Waals surface area contributed by atoms with Crippen molar-refractivity contribution in [1.82, 2.24) is 4.90 Å². The normalized spacial score (nSPS) is 15.1. The highest BCUT2D eigenvalue weighted by Gasteiger charge is 2.16. The van der Waals surface area contributed by atoms with Gasteiger partial charge in [0.2, 0.25) is 0 Å². The van der Waals surface area contributed by atoms with Gasteiger partial charge in [0.1, 0.15) is 11.5 Å². The summed E-state index contributed by atoms with van der Waals surface area (Å²) in [6, 6.07) is 28.8. The molecule has 0 bridgehead atoms. The average Bonchev–Trinajstić information content (AvgIpc) is 2.76. The molecular formula is C25H26N2O. The third-order valence-corrected chi connectivity index (χ3v) is 5.03. The molecule has 0 amide bonds. The van der Waals surface area contributed by atoms with E-state index >= 15 is 0 Å². The summed E-state index contributed by atoms with van der Waals surface area (Å²) in [5, 5.41) is 0. The Labute approximate surface area is 167 Å². The van der Waals surface area contributed by atoms with Gasteiger partial charge in [0.15, 0.2) is 0 Å². The molecule has 1 heterocycles. The van der Waals surface area contributed by atoms with Crippen LogP contribution >= 0.6 is 0 Å². The maximum atomic E-state index is 5.88. The molecule has 142 valence electrons. The van der Waals surface area contributed by atoms with Crippen molar-refractivity contribution in [2.24, 2.45) is 0 Å².